The smallest absolute Gasteiger partial charge is 0.323 e. The highest BCUT2D eigenvalue weighted by molar-refractivity contribution is 6.30. The predicted molar refractivity (Wildman–Crippen MR) is 90.1 cm³/mol. The van der Waals surface area contributed by atoms with Crippen molar-refractivity contribution < 1.29 is 9.21 Å². The number of likely N-dealkylation sites (tertiary alicyclic amines) is 1. The van der Waals surface area contributed by atoms with E-state index in [1.807, 2.05) is 13.8 Å². The zero-order valence-electron chi connectivity index (χ0n) is 13.7. The van der Waals surface area contributed by atoms with Crippen LogP contribution in [-0.2, 0) is 6.42 Å². The average Bonchev–Trinajstić information content (AvgIpc) is 3.06. The number of carbonyl (C=O) groups is 1. The lowest BCUT2D eigenvalue weighted by Gasteiger charge is -2.37. The van der Waals surface area contributed by atoms with Gasteiger partial charge >= 0.3 is 6.03 Å². The Balaban J connectivity index is 1.70. The summed E-state index contributed by atoms with van der Waals surface area (Å²) in [6.45, 7) is 4.67. The minimum absolute atomic E-state index is 0.0313. The molecule has 0 unspecified atom stereocenters. The maximum atomic E-state index is 12.6. The van der Waals surface area contributed by atoms with Crippen LogP contribution in [0.1, 0.15) is 44.4 Å². The second kappa shape index (κ2) is 7.17. The highest BCUT2D eigenvalue weighted by Crippen LogP contribution is 2.32. The fourth-order valence-corrected chi connectivity index (χ4v) is 3.06. The van der Waals surface area contributed by atoms with E-state index in [9.17, 15) is 4.79 Å². The summed E-state index contributed by atoms with van der Waals surface area (Å²) in [5, 5.41) is 11.5. The number of aryl methyl sites for hydroxylation is 1. The molecule has 2 amide bonds. The molecule has 0 spiro atoms. The Kier molecular flexibility index (Phi) is 4.99. The van der Waals surface area contributed by atoms with Gasteiger partial charge < -0.3 is 9.32 Å². The average molecular weight is 350 g/mol. The molecule has 8 heteroatoms. The normalized spacial score (nSPS) is 20.9. The number of piperidine rings is 1. The number of aromatic nitrogens is 3. The molecule has 3 rings (SSSR count). The van der Waals surface area contributed by atoms with Gasteiger partial charge in [-0.3, -0.25) is 5.32 Å². The minimum Gasteiger partial charge on any atom is -0.425 e. The molecular weight excluding hydrogens is 330 g/mol. The summed E-state index contributed by atoms with van der Waals surface area (Å²) < 4.78 is 5.69. The van der Waals surface area contributed by atoms with E-state index in [2.05, 4.69) is 20.5 Å². The van der Waals surface area contributed by atoms with E-state index < -0.39 is 0 Å². The summed E-state index contributed by atoms with van der Waals surface area (Å²) in [5.41, 5.74) is 0. The van der Waals surface area contributed by atoms with Crippen molar-refractivity contribution in [3.8, 4) is 0 Å². The van der Waals surface area contributed by atoms with Crippen LogP contribution in [0.2, 0.25) is 5.02 Å². The first kappa shape index (κ1) is 16.7. The van der Waals surface area contributed by atoms with E-state index >= 15 is 0 Å². The third-order valence-corrected chi connectivity index (χ3v) is 4.54. The van der Waals surface area contributed by atoms with E-state index in [4.69, 9.17) is 16.0 Å². The van der Waals surface area contributed by atoms with E-state index in [1.54, 1.807) is 17.0 Å². The molecule has 1 aliphatic rings. The van der Waals surface area contributed by atoms with Crippen molar-refractivity contribution in [3.63, 3.8) is 0 Å². The lowest BCUT2D eigenvalue weighted by molar-refractivity contribution is 0.147. The van der Waals surface area contributed by atoms with E-state index in [0.717, 1.165) is 12.8 Å². The fraction of sp³-hybridized carbons (Fsp3) is 0.500. The van der Waals surface area contributed by atoms with Crippen molar-refractivity contribution in [2.45, 2.75) is 45.1 Å². The summed E-state index contributed by atoms with van der Waals surface area (Å²) in [5.74, 6) is 1.77. The van der Waals surface area contributed by atoms with Crippen LogP contribution in [0.4, 0.5) is 10.6 Å². The Morgan fingerprint density at radius 2 is 2.29 bits per heavy atom. The van der Waals surface area contributed by atoms with E-state index in [1.165, 1.54) is 6.20 Å². The molecule has 0 aromatic carbocycles. The molecule has 7 nitrogen and oxygen atoms in total. The van der Waals surface area contributed by atoms with Crippen molar-refractivity contribution in [2.75, 3.05) is 11.9 Å². The maximum Gasteiger partial charge on any atom is 0.323 e. The number of urea groups is 1. The second-order valence-corrected chi connectivity index (χ2v) is 6.30. The fourth-order valence-electron chi connectivity index (χ4n) is 2.95. The van der Waals surface area contributed by atoms with Gasteiger partial charge in [0.1, 0.15) is 5.82 Å². The van der Waals surface area contributed by atoms with Gasteiger partial charge in [-0.05, 0) is 31.9 Å². The van der Waals surface area contributed by atoms with Gasteiger partial charge in [-0.15, -0.1) is 10.2 Å². The van der Waals surface area contributed by atoms with E-state index in [-0.39, 0.29) is 18.0 Å². The van der Waals surface area contributed by atoms with Crippen LogP contribution in [0.5, 0.6) is 0 Å². The number of pyridine rings is 1. The van der Waals surface area contributed by atoms with Crippen LogP contribution in [0.15, 0.2) is 22.7 Å². The molecule has 24 heavy (non-hydrogen) atoms. The molecule has 3 heterocycles. The van der Waals surface area contributed by atoms with Gasteiger partial charge in [-0.1, -0.05) is 18.5 Å². The van der Waals surface area contributed by atoms with Crippen LogP contribution in [0.3, 0.4) is 0 Å². The monoisotopic (exact) mass is 349 g/mol. The van der Waals surface area contributed by atoms with Crippen molar-refractivity contribution in [1.82, 2.24) is 20.1 Å². The quantitative estimate of drug-likeness (QED) is 0.917. The number of rotatable bonds is 3. The Morgan fingerprint density at radius 3 is 2.96 bits per heavy atom. The van der Waals surface area contributed by atoms with Gasteiger partial charge in [0, 0.05) is 25.2 Å². The van der Waals surface area contributed by atoms with Gasteiger partial charge in [0.05, 0.1) is 10.9 Å². The first-order chi connectivity index (χ1) is 11.6. The summed E-state index contributed by atoms with van der Waals surface area (Å²) in [7, 11) is 0. The predicted octanol–water partition coefficient (Wildman–Crippen LogP) is 3.48. The lowest BCUT2D eigenvalue weighted by atomic mass is 9.90. The Hall–Kier alpha value is -2.15. The molecule has 0 radical (unpaired) electrons. The zero-order valence-corrected chi connectivity index (χ0v) is 14.5. The van der Waals surface area contributed by atoms with Crippen LogP contribution < -0.4 is 5.32 Å². The molecule has 2 aromatic heterocycles. The number of hydrogen-bond donors (Lipinski definition) is 1. The molecule has 1 aliphatic heterocycles. The summed E-state index contributed by atoms with van der Waals surface area (Å²) in [6, 6.07) is 3.16. The maximum absolute atomic E-state index is 12.6. The molecule has 1 fully saturated rings. The molecular formula is C16H20ClN5O2. The SMILES string of the molecule is CCc1nnc([C@@H]2CCCN(C(=O)Nc3ccc(Cl)cn3)[C@@H]2C)o1. The number of hydrogen-bond acceptors (Lipinski definition) is 5. The number of carbonyl (C=O) groups excluding carboxylic acids is 1. The molecule has 1 saturated heterocycles. The third-order valence-electron chi connectivity index (χ3n) is 4.31. The lowest BCUT2D eigenvalue weighted by Crippen LogP contribution is -2.48. The molecule has 0 bridgehead atoms. The number of halogens is 1. The second-order valence-electron chi connectivity index (χ2n) is 5.86. The first-order valence-corrected chi connectivity index (χ1v) is 8.47. The summed E-state index contributed by atoms with van der Waals surface area (Å²) >= 11 is 5.81. The van der Waals surface area contributed by atoms with Gasteiger partial charge in [0.2, 0.25) is 11.8 Å². The Labute approximate surface area is 145 Å². The molecule has 0 aliphatic carbocycles. The highest BCUT2D eigenvalue weighted by Gasteiger charge is 2.35. The number of nitrogens with one attached hydrogen (secondary N) is 1. The van der Waals surface area contributed by atoms with Crippen molar-refractivity contribution in [3.05, 3.63) is 35.1 Å². The van der Waals surface area contributed by atoms with Gasteiger partial charge in [-0.2, -0.15) is 0 Å². The topological polar surface area (TPSA) is 84.2 Å². The van der Waals surface area contributed by atoms with Crippen LogP contribution >= 0.6 is 11.6 Å². The van der Waals surface area contributed by atoms with Crippen LogP contribution in [-0.4, -0.2) is 38.7 Å². The highest BCUT2D eigenvalue weighted by atomic mass is 35.5. The Morgan fingerprint density at radius 1 is 1.46 bits per heavy atom. The largest absolute Gasteiger partial charge is 0.425 e. The summed E-state index contributed by atoms with van der Waals surface area (Å²) in [4.78, 5) is 18.5. The van der Waals surface area contributed by atoms with Gasteiger partial charge in [0.25, 0.3) is 0 Å². The molecule has 1 N–H and O–H groups in total. The summed E-state index contributed by atoms with van der Waals surface area (Å²) in [6.07, 6.45) is 4.03. The number of amides is 2. The van der Waals surface area contributed by atoms with Crippen molar-refractivity contribution in [1.29, 1.82) is 0 Å². The zero-order chi connectivity index (χ0) is 17.1. The standard InChI is InChI=1S/C16H20ClN5O2/c1-3-14-20-21-15(24-14)12-5-4-8-22(10(12)2)16(23)19-13-7-6-11(17)9-18-13/h6-7,9-10,12H,3-5,8H2,1-2H3,(H,18,19,23)/t10-,12-/m1/s1. The van der Waals surface area contributed by atoms with Gasteiger partial charge in [-0.25, -0.2) is 9.78 Å². The molecule has 128 valence electrons. The first-order valence-electron chi connectivity index (χ1n) is 8.10. The molecule has 2 atom stereocenters. The minimum atomic E-state index is -0.183. The number of nitrogens with zero attached hydrogens (tertiary/aromatic N) is 4. The van der Waals surface area contributed by atoms with Crippen molar-refractivity contribution >= 4 is 23.4 Å². The van der Waals surface area contributed by atoms with Crippen molar-refractivity contribution in [2.24, 2.45) is 0 Å². The van der Waals surface area contributed by atoms with Crippen LogP contribution in [0, 0.1) is 0 Å². The Bertz CT molecular complexity index is 703. The molecule has 0 saturated carbocycles. The molecule has 2 aromatic rings. The van der Waals surface area contributed by atoms with Crippen LogP contribution in [0.25, 0.3) is 0 Å². The van der Waals surface area contributed by atoms with Gasteiger partial charge in [0.15, 0.2) is 0 Å². The third kappa shape index (κ3) is 3.51. The number of anilines is 1. The van der Waals surface area contributed by atoms with E-state index in [0.29, 0.717) is 35.6 Å².